The molecule has 0 aromatic heterocycles. The number of esters is 1. The molecule has 3 nitrogen and oxygen atoms in total. The molecule has 11 heavy (non-hydrogen) atoms. The van der Waals surface area contributed by atoms with Gasteiger partial charge in [-0.3, -0.25) is 4.79 Å². The number of nitrogens with one attached hydrogen (secondary N) is 1. The summed E-state index contributed by atoms with van der Waals surface area (Å²) in [6.45, 7) is 1.34. The first-order chi connectivity index (χ1) is 5.18. The van der Waals surface area contributed by atoms with E-state index in [1.807, 2.05) is 0 Å². The average molecular weight is 150 g/mol. The van der Waals surface area contributed by atoms with E-state index in [1.54, 1.807) is 24.3 Å². The van der Waals surface area contributed by atoms with Crippen LogP contribution in [0.25, 0.3) is 0 Å². The maximum atomic E-state index is 10.4. The molecule has 0 aliphatic heterocycles. The van der Waals surface area contributed by atoms with Crippen molar-refractivity contribution in [3.63, 3.8) is 0 Å². The van der Waals surface area contributed by atoms with E-state index in [2.05, 4.69) is 0 Å². The number of hydrogen-bond acceptors (Lipinski definition) is 2. The Hall–Kier alpha value is -1.51. The van der Waals surface area contributed by atoms with E-state index in [-0.39, 0.29) is 5.97 Å². The molecule has 0 amide bonds. The van der Waals surface area contributed by atoms with Crippen LogP contribution in [0.5, 0.6) is 5.75 Å². The summed E-state index contributed by atoms with van der Waals surface area (Å²) >= 11 is 0. The molecule has 0 saturated carbocycles. The van der Waals surface area contributed by atoms with Crippen LogP contribution < -0.4 is 10.5 Å². The molecular formula is C8H8NO2. The van der Waals surface area contributed by atoms with E-state index in [4.69, 9.17) is 10.5 Å². The second-order valence-electron chi connectivity index (χ2n) is 2.12. The van der Waals surface area contributed by atoms with Crippen LogP contribution in [0.3, 0.4) is 0 Å². The van der Waals surface area contributed by atoms with Gasteiger partial charge in [-0.1, -0.05) is 0 Å². The van der Waals surface area contributed by atoms with Crippen molar-refractivity contribution in [1.82, 2.24) is 5.73 Å². The third kappa shape index (κ3) is 2.29. The maximum absolute atomic E-state index is 10.4. The maximum Gasteiger partial charge on any atom is 0.308 e. The molecule has 57 valence electrons. The quantitative estimate of drug-likeness (QED) is 0.450. The fourth-order valence-electron chi connectivity index (χ4n) is 0.689. The lowest BCUT2D eigenvalue weighted by Crippen LogP contribution is -2.00. The molecule has 1 rings (SSSR count). The number of rotatable bonds is 1. The lowest BCUT2D eigenvalue weighted by atomic mass is 10.3. The lowest BCUT2D eigenvalue weighted by Gasteiger charge is -1.99. The van der Waals surface area contributed by atoms with E-state index < -0.39 is 0 Å². The van der Waals surface area contributed by atoms with Crippen LogP contribution in [0.1, 0.15) is 6.92 Å². The average Bonchev–Trinajstić information content (AvgIpc) is 1.93. The minimum Gasteiger partial charge on any atom is -0.427 e. The first kappa shape index (κ1) is 7.60. The molecule has 0 atom stereocenters. The number of carbonyl (C=O) groups excluding carboxylic acids is 1. The largest absolute Gasteiger partial charge is 0.427 e. The van der Waals surface area contributed by atoms with Crippen molar-refractivity contribution in [2.24, 2.45) is 0 Å². The molecule has 0 fully saturated rings. The summed E-state index contributed by atoms with van der Waals surface area (Å²) in [6, 6.07) is 6.31. The third-order valence-corrected chi connectivity index (χ3v) is 1.12. The molecule has 0 heterocycles. The zero-order valence-electron chi connectivity index (χ0n) is 6.13. The SMILES string of the molecule is CC(=O)Oc1ccc([NH])cc1. The zero-order chi connectivity index (χ0) is 8.27. The van der Waals surface area contributed by atoms with Gasteiger partial charge in [0.1, 0.15) is 5.75 Å². The van der Waals surface area contributed by atoms with Crippen LogP contribution in [0.15, 0.2) is 24.3 Å². The third-order valence-electron chi connectivity index (χ3n) is 1.12. The van der Waals surface area contributed by atoms with Gasteiger partial charge in [-0.2, -0.15) is 0 Å². The van der Waals surface area contributed by atoms with Crippen molar-refractivity contribution in [1.29, 1.82) is 0 Å². The standard InChI is InChI=1S/C8H8NO2/c1-6(10)11-8-4-2-7(9)3-5-8/h2-5,9H,1H3. The Morgan fingerprint density at radius 1 is 1.36 bits per heavy atom. The molecular weight excluding hydrogens is 142 g/mol. The van der Waals surface area contributed by atoms with Gasteiger partial charge in [0, 0.05) is 6.92 Å². The zero-order valence-corrected chi connectivity index (χ0v) is 6.13. The van der Waals surface area contributed by atoms with Gasteiger partial charge in [0.2, 0.25) is 0 Å². The number of ether oxygens (including phenoxy) is 1. The Morgan fingerprint density at radius 3 is 2.36 bits per heavy atom. The van der Waals surface area contributed by atoms with Crippen LogP contribution >= 0.6 is 0 Å². The smallest absolute Gasteiger partial charge is 0.308 e. The van der Waals surface area contributed by atoms with Gasteiger partial charge >= 0.3 is 5.97 Å². The first-order valence-electron chi connectivity index (χ1n) is 3.18. The van der Waals surface area contributed by atoms with Gasteiger partial charge in [-0.25, -0.2) is 0 Å². The molecule has 1 aromatic rings. The summed E-state index contributed by atoms with van der Waals surface area (Å²) in [6.07, 6.45) is 0. The van der Waals surface area contributed by atoms with Crippen LogP contribution in [0.2, 0.25) is 0 Å². The topological polar surface area (TPSA) is 50.1 Å². The molecule has 3 heteroatoms. The van der Waals surface area contributed by atoms with Gasteiger partial charge in [0.25, 0.3) is 0 Å². The second-order valence-corrected chi connectivity index (χ2v) is 2.12. The minimum absolute atomic E-state index is 0.345. The Morgan fingerprint density at radius 2 is 1.91 bits per heavy atom. The molecule has 0 spiro atoms. The van der Waals surface area contributed by atoms with E-state index in [9.17, 15) is 4.79 Å². The van der Waals surface area contributed by atoms with Gasteiger partial charge in [0.05, 0.1) is 5.69 Å². The molecule has 0 saturated heterocycles. The monoisotopic (exact) mass is 150 g/mol. The fourth-order valence-corrected chi connectivity index (χ4v) is 0.689. The molecule has 1 N–H and O–H groups in total. The van der Waals surface area contributed by atoms with Crippen LogP contribution in [-0.4, -0.2) is 5.97 Å². The molecule has 1 aromatic carbocycles. The van der Waals surface area contributed by atoms with Crippen molar-refractivity contribution in [2.45, 2.75) is 6.92 Å². The number of benzene rings is 1. The van der Waals surface area contributed by atoms with Crippen molar-refractivity contribution < 1.29 is 9.53 Å². The van der Waals surface area contributed by atoms with Crippen LogP contribution in [0.4, 0.5) is 5.69 Å². The van der Waals surface area contributed by atoms with Crippen molar-refractivity contribution in [3.8, 4) is 5.75 Å². The summed E-state index contributed by atoms with van der Waals surface area (Å²) < 4.78 is 4.75. The van der Waals surface area contributed by atoms with E-state index >= 15 is 0 Å². The van der Waals surface area contributed by atoms with Crippen molar-refractivity contribution in [3.05, 3.63) is 24.3 Å². The summed E-state index contributed by atoms with van der Waals surface area (Å²) in [4.78, 5) is 10.4. The van der Waals surface area contributed by atoms with Gasteiger partial charge in [-0.05, 0) is 24.3 Å². The highest BCUT2D eigenvalue weighted by Crippen LogP contribution is 2.13. The van der Waals surface area contributed by atoms with E-state index in [0.29, 0.717) is 11.4 Å². The van der Waals surface area contributed by atoms with Crippen molar-refractivity contribution >= 4 is 11.7 Å². The normalized spacial score (nSPS) is 9.18. The van der Waals surface area contributed by atoms with Gasteiger partial charge in [-0.15, -0.1) is 0 Å². The Bertz CT molecular complexity index is 253. The molecule has 0 aliphatic rings. The van der Waals surface area contributed by atoms with Crippen LogP contribution in [0, 0.1) is 0 Å². The Balaban J connectivity index is 2.74. The highest BCUT2D eigenvalue weighted by molar-refractivity contribution is 5.69. The van der Waals surface area contributed by atoms with Crippen molar-refractivity contribution in [2.75, 3.05) is 0 Å². The van der Waals surface area contributed by atoms with Gasteiger partial charge in [0.15, 0.2) is 0 Å². The van der Waals surface area contributed by atoms with Crippen LogP contribution in [-0.2, 0) is 4.79 Å². The van der Waals surface area contributed by atoms with E-state index in [1.165, 1.54) is 6.92 Å². The predicted octanol–water partition coefficient (Wildman–Crippen LogP) is 1.53. The van der Waals surface area contributed by atoms with E-state index in [0.717, 1.165) is 0 Å². The highest BCUT2D eigenvalue weighted by atomic mass is 16.5. The first-order valence-corrected chi connectivity index (χ1v) is 3.18. The molecule has 0 bridgehead atoms. The number of carbonyl (C=O) groups is 1. The summed E-state index contributed by atoms with van der Waals surface area (Å²) in [5.41, 5.74) is 7.54. The molecule has 0 unspecified atom stereocenters. The summed E-state index contributed by atoms with van der Waals surface area (Å²) in [5, 5.41) is 0. The Kier molecular flexibility index (Phi) is 2.11. The lowest BCUT2D eigenvalue weighted by molar-refractivity contribution is -0.131. The minimum atomic E-state index is -0.345. The van der Waals surface area contributed by atoms with Gasteiger partial charge < -0.3 is 10.5 Å². The highest BCUT2D eigenvalue weighted by Gasteiger charge is 1.95. The number of hydrogen-bond donors (Lipinski definition) is 0. The fraction of sp³-hybridized carbons (Fsp3) is 0.125. The predicted molar refractivity (Wildman–Crippen MR) is 40.5 cm³/mol. The molecule has 1 radical (unpaired) electrons. The molecule has 0 aliphatic carbocycles. The summed E-state index contributed by atoms with van der Waals surface area (Å²) in [7, 11) is 0. The Labute approximate surface area is 64.8 Å². The summed E-state index contributed by atoms with van der Waals surface area (Å²) in [5.74, 6) is 0.135. The second kappa shape index (κ2) is 3.05.